The van der Waals surface area contributed by atoms with Gasteiger partial charge >= 0.3 is 5.97 Å². The molecule has 1 aliphatic heterocycles. The third-order valence-electron chi connectivity index (χ3n) is 3.95. The van der Waals surface area contributed by atoms with Crippen molar-refractivity contribution in [2.24, 2.45) is 0 Å². The zero-order valence-electron chi connectivity index (χ0n) is 14.9. The van der Waals surface area contributed by atoms with Gasteiger partial charge in [0.05, 0.1) is 5.02 Å². The molecule has 0 saturated heterocycles. The lowest BCUT2D eigenvalue weighted by atomic mass is 10.2. The highest BCUT2D eigenvalue weighted by Gasteiger charge is 2.18. The number of rotatable bonds is 6. The molecule has 0 unspecified atom stereocenters. The van der Waals surface area contributed by atoms with Gasteiger partial charge in [0, 0.05) is 18.2 Å². The van der Waals surface area contributed by atoms with Crippen molar-refractivity contribution in [1.29, 1.82) is 0 Å². The summed E-state index contributed by atoms with van der Waals surface area (Å²) in [6.07, 6.45) is 1.20. The molecule has 0 radical (unpaired) electrons. The van der Waals surface area contributed by atoms with Gasteiger partial charge in [-0.25, -0.2) is 9.18 Å². The van der Waals surface area contributed by atoms with E-state index in [1.54, 1.807) is 18.2 Å². The van der Waals surface area contributed by atoms with Crippen LogP contribution in [0.3, 0.4) is 0 Å². The molecule has 0 fully saturated rings. The van der Waals surface area contributed by atoms with Gasteiger partial charge in [-0.05, 0) is 42.8 Å². The van der Waals surface area contributed by atoms with E-state index in [0.29, 0.717) is 11.5 Å². The van der Waals surface area contributed by atoms with Gasteiger partial charge in [-0.15, -0.1) is 0 Å². The van der Waals surface area contributed by atoms with Crippen molar-refractivity contribution in [3.63, 3.8) is 0 Å². The molecule has 0 saturated carbocycles. The van der Waals surface area contributed by atoms with E-state index < -0.39 is 23.8 Å². The molecule has 1 N–H and O–H groups in total. The zero-order chi connectivity index (χ0) is 20.1. The van der Waals surface area contributed by atoms with Crippen LogP contribution in [0, 0.1) is 5.82 Å². The first-order chi connectivity index (χ1) is 13.4. The van der Waals surface area contributed by atoms with Gasteiger partial charge in [-0.1, -0.05) is 23.7 Å². The summed E-state index contributed by atoms with van der Waals surface area (Å²) in [6, 6.07) is 9.50. The molecular formula is C20H17ClFNO5. The fourth-order valence-corrected chi connectivity index (χ4v) is 2.70. The van der Waals surface area contributed by atoms with Crippen molar-refractivity contribution in [2.45, 2.75) is 19.6 Å². The van der Waals surface area contributed by atoms with E-state index in [2.05, 4.69) is 5.32 Å². The van der Waals surface area contributed by atoms with E-state index in [9.17, 15) is 14.0 Å². The predicted molar refractivity (Wildman–Crippen MR) is 100 cm³/mol. The Morgan fingerprint density at radius 1 is 1.29 bits per heavy atom. The molecule has 0 bridgehead atoms. The van der Waals surface area contributed by atoms with Crippen LogP contribution in [0.2, 0.25) is 5.02 Å². The van der Waals surface area contributed by atoms with Gasteiger partial charge in [0.15, 0.2) is 17.6 Å². The first-order valence-corrected chi connectivity index (χ1v) is 8.81. The van der Waals surface area contributed by atoms with Crippen molar-refractivity contribution >= 4 is 29.6 Å². The molecule has 2 aromatic carbocycles. The van der Waals surface area contributed by atoms with Crippen molar-refractivity contribution in [1.82, 2.24) is 5.32 Å². The number of esters is 1. The lowest BCUT2D eigenvalue weighted by molar-refractivity contribution is -0.150. The van der Waals surface area contributed by atoms with Crippen molar-refractivity contribution in [3.8, 4) is 11.5 Å². The third kappa shape index (κ3) is 4.80. The topological polar surface area (TPSA) is 73.9 Å². The summed E-state index contributed by atoms with van der Waals surface area (Å²) in [6.45, 7) is 1.85. The number of nitrogens with one attached hydrogen (secondary N) is 1. The monoisotopic (exact) mass is 405 g/mol. The Morgan fingerprint density at radius 2 is 2.07 bits per heavy atom. The fraction of sp³-hybridized carbons (Fsp3) is 0.200. The fourth-order valence-electron chi connectivity index (χ4n) is 2.47. The Labute approximate surface area is 165 Å². The minimum absolute atomic E-state index is 0.0704. The highest BCUT2D eigenvalue weighted by Crippen LogP contribution is 2.32. The molecule has 2 aromatic rings. The maximum absolute atomic E-state index is 13.7. The summed E-state index contributed by atoms with van der Waals surface area (Å²) < 4.78 is 29.2. The molecule has 1 atom stereocenters. The summed E-state index contributed by atoms with van der Waals surface area (Å²) in [5.41, 5.74) is 0.881. The molecule has 1 heterocycles. The Kier molecular flexibility index (Phi) is 6.16. The number of halogens is 2. The quantitative estimate of drug-likeness (QED) is 0.588. The number of hydrogen-bond acceptors (Lipinski definition) is 5. The highest BCUT2D eigenvalue weighted by molar-refractivity contribution is 6.32. The van der Waals surface area contributed by atoms with Crippen molar-refractivity contribution < 1.29 is 28.2 Å². The van der Waals surface area contributed by atoms with E-state index in [4.69, 9.17) is 25.8 Å². The second kappa shape index (κ2) is 8.75. The maximum Gasteiger partial charge on any atom is 0.331 e. The molecule has 3 rings (SSSR count). The molecule has 8 heteroatoms. The molecule has 28 heavy (non-hydrogen) atoms. The van der Waals surface area contributed by atoms with Crippen LogP contribution in [0.15, 0.2) is 42.5 Å². The summed E-state index contributed by atoms with van der Waals surface area (Å²) in [5, 5.41) is 2.83. The van der Waals surface area contributed by atoms with Crippen LogP contribution >= 0.6 is 11.6 Å². The molecule has 6 nitrogen and oxygen atoms in total. The molecular weight excluding hydrogens is 389 g/mol. The van der Waals surface area contributed by atoms with Gasteiger partial charge in [0.2, 0.25) is 6.79 Å². The largest absolute Gasteiger partial charge is 0.454 e. The summed E-state index contributed by atoms with van der Waals surface area (Å²) in [7, 11) is 0. The molecule has 1 aliphatic rings. The summed E-state index contributed by atoms with van der Waals surface area (Å²) in [5.74, 6) is -0.554. The van der Waals surface area contributed by atoms with E-state index in [-0.39, 0.29) is 23.9 Å². The van der Waals surface area contributed by atoms with E-state index in [0.717, 1.165) is 11.6 Å². The third-order valence-corrected chi connectivity index (χ3v) is 4.28. The number of hydrogen-bond donors (Lipinski definition) is 1. The van der Waals surface area contributed by atoms with Crippen LogP contribution in [-0.2, 0) is 20.9 Å². The van der Waals surface area contributed by atoms with Crippen LogP contribution < -0.4 is 14.8 Å². The second-order valence-electron chi connectivity index (χ2n) is 5.95. The number of benzene rings is 2. The van der Waals surface area contributed by atoms with Crippen molar-refractivity contribution in [2.75, 3.05) is 6.79 Å². The zero-order valence-corrected chi connectivity index (χ0v) is 15.7. The highest BCUT2D eigenvalue weighted by atomic mass is 35.5. The van der Waals surface area contributed by atoms with Crippen LogP contribution in [0.1, 0.15) is 18.1 Å². The Hall–Kier alpha value is -3.06. The van der Waals surface area contributed by atoms with Gasteiger partial charge in [-0.3, -0.25) is 4.79 Å². The average molecular weight is 406 g/mol. The molecule has 0 spiro atoms. The number of amides is 1. The van der Waals surface area contributed by atoms with Gasteiger partial charge < -0.3 is 19.5 Å². The normalized spacial score (nSPS) is 13.4. The minimum atomic E-state index is -1.03. The SMILES string of the molecule is C[C@@H](OC(=O)/C=C/c1c(F)cccc1Cl)C(=O)NCc1ccc2c(c1)OCO2. The van der Waals surface area contributed by atoms with E-state index in [1.807, 2.05) is 0 Å². The summed E-state index contributed by atoms with van der Waals surface area (Å²) in [4.78, 5) is 24.0. The number of ether oxygens (including phenoxy) is 3. The van der Waals surface area contributed by atoms with Gasteiger partial charge in [0.25, 0.3) is 5.91 Å². The Bertz CT molecular complexity index is 911. The smallest absolute Gasteiger partial charge is 0.331 e. The van der Waals surface area contributed by atoms with Crippen molar-refractivity contribution in [3.05, 3.63) is 64.4 Å². The van der Waals surface area contributed by atoms with Gasteiger partial charge in [0.1, 0.15) is 5.82 Å². The molecule has 1 amide bonds. The first-order valence-electron chi connectivity index (χ1n) is 8.43. The number of carbonyl (C=O) groups excluding carboxylic acids is 2. The van der Waals surface area contributed by atoms with Gasteiger partial charge in [-0.2, -0.15) is 0 Å². The number of carbonyl (C=O) groups is 2. The minimum Gasteiger partial charge on any atom is -0.454 e. The average Bonchev–Trinajstić information content (AvgIpc) is 3.13. The maximum atomic E-state index is 13.7. The lowest BCUT2D eigenvalue weighted by Gasteiger charge is -2.12. The Morgan fingerprint density at radius 3 is 2.86 bits per heavy atom. The van der Waals surface area contributed by atoms with Crippen LogP contribution in [0.5, 0.6) is 11.5 Å². The first kappa shape index (κ1) is 19.7. The Balaban J connectivity index is 1.51. The van der Waals surface area contributed by atoms with E-state index >= 15 is 0 Å². The lowest BCUT2D eigenvalue weighted by Crippen LogP contribution is -2.35. The summed E-state index contributed by atoms with van der Waals surface area (Å²) >= 11 is 5.88. The van der Waals surface area contributed by atoms with E-state index in [1.165, 1.54) is 31.2 Å². The predicted octanol–water partition coefficient (Wildman–Crippen LogP) is 3.47. The molecule has 0 aromatic heterocycles. The molecule has 146 valence electrons. The number of fused-ring (bicyclic) bond motifs is 1. The molecule has 0 aliphatic carbocycles. The standard InChI is InChI=1S/C20H17ClFNO5/c1-12(28-19(24)8-6-14-15(21)3-2-4-16(14)22)20(25)23-10-13-5-7-17-18(9-13)27-11-26-17/h2-9,12H,10-11H2,1H3,(H,23,25)/b8-6+/t12-/m1/s1. The van der Waals surface area contributed by atoms with Crippen LogP contribution in [0.4, 0.5) is 4.39 Å². The second-order valence-corrected chi connectivity index (χ2v) is 6.36. The van der Waals surface area contributed by atoms with Crippen LogP contribution in [0.25, 0.3) is 6.08 Å². The van der Waals surface area contributed by atoms with Crippen LogP contribution in [-0.4, -0.2) is 24.8 Å².